The summed E-state index contributed by atoms with van der Waals surface area (Å²) < 4.78 is 5.63. The molecule has 0 unspecified atom stereocenters. The van der Waals surface area contributed by atoms with E-state index in [4.69, 9.17) is 16.3 Å². The van der Waals surface area contributed by atoms with Gasteiger partial charge in [-0.2, -0.15) is 4.98 Å². The number of hydrogen-bond acceptors (Lipinski definition) is 5. The molecule has 126 valence electrons. The Hall–Kier alpha value is -2.14. The van der Waals surface area contributed by atoms with E-state index < -0.39 is 0 Å². The number of anilines is 1. The van der Waals surface area contributed by atoms with Crippen LogP contribution in [-0.2, 0) is 6.42 Å². The van der Waals surface area contributed by atoms with E-state index in [2.05, 4.69) is 14.9 Å². The molecule has 0 N–H and O–H groups in total. The molecule has 3 rings (SSSR count). The van der Waals surface area contributed by atoms with Gasteiger partial charge in [0.1, 0.15) is 0 Å². The summed E-state index contributed by atoms with van der Waals surface area (Å²) in [5.74, 6) is 1.04. The van der Waals surface area contributed by atoms with E-state index in [1.54, 1.807) is 30.3 Å². The number of ketones is 1. The fourth-order valence-electron chi connectivity index (χ4n) is 2.63. The number of carbonyl (C=O) groups excluding carboxylic acids is 1. The number of halogens is 1. The van der Waals surface area contributed by atoms with Gasteiger partial charge in [0.25, 0.3) is 0 Å². The van der Waals surface area contributed by atoms with E-state index in [-0.39, 0.29) is 12.4 Å². The zero-order valence-electron chi connectivity index (χ0n) is 13.7. The SMILES string of the molecule is CCc1cc(OCC(=O)c2ccc(Cl)cc2)nc(N2CCCC2)n1. The van der Waals surface area contributed by atoms with Gasteiger partial charge in [-0.1, -0.05) is 18.5 Å². The molecule has 24 heavy (non-hydrogen) atoms. The molecule has 0 bridgehead atoms. The second-order valence-electron chi connectivity index (χ2n) is 5.76. The van der Waals surface area contributed by atoms with Crippen molar-refractivity contribution in [2.24, 2.45) is 0 Å². The summed E-state index contributed by atoms with van der Waals surface area (Å²) in [6.45, 7) is 3.92. The third kappa shape index (κ3) is 4.03. The largest absolute Gasteiger partial charge is 0.469 e. The van der Waals surface area contributed by atoms with Crippen molar-refractivity contribution in [3.63, 3.8) is 0 Å². The molecule has 0 atom stereocenters. The van der Waals surface area contributed by atoms with Crippen molar-refractivity contribution in [1.82, 2.24) is 9.97 Å². The molecule has 0 amide bonds. The third-order valence-electron chi connectivity index (χ3n) is 4.01. The van der Waals surface area contributed by atoms with Crippen LogP contribution in [0.5, 0.6) is 5.88 Å². The highest BCUT2D eigenvalue weighted by atomic mass is 35.5. The van der Waals surface area contributed by atoms with Crippen LogP contribution in [0.15, 0.2) is 30.3 Å². The maximum Gasteiger partial charge on any atom is 0.228 e. The summed E-state index contributed by atoms with van der Waals surface area (Å²) in [7, 11) is 0. The van der Waals surface area contributed by atoms with Gasteiger partial charge in [-0.05, 0) is 43.5 Å². The summed E-state index contributed by atoms with van der Waals surface area (Å²) in [5.41, 5.74) is 1.49. The Morgan fingerprint density at radius 2 is 1.92 bits per heavy atom. The maximum absolute atomic E-state index is 12.2. The molecule has 6 heteroatoms. The minimum absolute atomic E-state index is 0.0543. The lowest BCUT2D eigenvalue weighted by molar-refractivity contribution is 0.0918. The van der Waals surface area contributed by atoms with Gasteiger partial charge >= 0.3 is 0 Å². The number of nitrogens with zero attached hydrogens (tertiary/aromatic N) is 3. The average Bonchev–Trinajstić information content (AvgIpc) is 3.14. The van der Waals surface area contributed by atoms with E-state index in [0.29, 0.717) is 22.4 Å². The normalized spacial score (nSPS) is 14.0. The van der Waals surface area contributed by atoms with Crippen LogP contribution in [0.25, 0.3) is 0 Å². The fraction of sp³-hybridized carbons (Fsp3) is 0.389. The van der Waals surface area contributed by atoms with Crippen molar-refractivity contribution < 1.29 is 9.53 Å². The number of carbonyl (C=O) groups is 1. The van der Waals surface area contributed by atoms with Gasteiger partial charge in [-0.15, -0.1) is 0 Å². The Morgan fingerprint density at radius 3 is 2.58 bits per heavy atom. The van der Waals surface area contributed by atoms with Crippen molar-refractivity contribution >= 4 is 23.3 Å². The molecule has 1 aromatic carbocycles. The molecule has 1 aliphatic rings. The number of aromatic nitrogens is 2. The molecular weight excluding hydrogens is 326 g/mol. The summed E-state index contributed by atoms with van der Waals surface area (Å²) in [6, 6.07) is 8.58. The van der Waals surface area contributed by atoms with Crippen LogP contribution in [0, 0.1) is 0 Å². The molecule has 0 radical (unpaired) electrons. The molecule has 2 heterocycles. The van der Waals surface area contributed by atoms with Crippen LogP contribution >= 0.6 is 11.6 Å². The Bertz CT molecular complexity index is 713. The number of Topliss-reactive ketones (excluding diaryl/α,β-unsaturated/α-hetero) is 1. The van der Waals surface area contributed by atoms with Crippen LogP contribution < -0.4 is 9.64 Å². The van der Waals surface area contributed by atoms with Crippen LogP contribution in [0.2, 0.25) is 5.02 Å². The Labute approximate surface area is 146 Å². The summed E-state index contributed by atoms with van der Waals surface area (Å²) in [4.78, 5) is 23.4. The molecule has 5 nitrogen and oxygen atoms in total. The van der Waals surface area contributed by atoms with E-state index >= 15 is 0 Å². The third-order valence-corrected chi connectivity index (χ3v) is 4.26. The number of ether oxygens (including phenoxy) is 1. The zero-order chi connectivity index (χ0) is 16.9. The van der Waals surface area contributed by atoms with Gasteiger partial charge in [-0.3, -0.25) is 4.79 Å². The van der Waals surface area contributed by atoms with Crippen LogP contribution in [-0.4, -0.2) is 35.4 Å². The molecule has 0 aliphatic carbocycles. The van der Waals surface area contributed by atoms with Crippen molar-refractivity contribution in [2.45, 2.75) is 26.2 Å². The van der Waals surface area contributed by atoms with Gasteiger partial charge < -0.3 is 9.64 Å². The minimum atomic E-state index is -0.106. The lowest BCUT2D eigenvalue weighted by Gasteiger charge is -2.17. The molecule has 1 aliphatic heterocycles. The Morgan fingerprint density at radius 1 is 1.21 bits per heavy atom. The van der Waals surface area contributed by atoms with Gasteiger partial charge in [0, 0.05) is 35.4 Å². The lowest BCUT2D eigenvalue weighted by atomic mass is 10.1. The van der Waals surface area contributed by atoms with E-state index in [0.717, 1.165) is 38.0 Å². The number of benzene rings is 1. The van der Waals surface area contributed by atoms with Gasteiger partial charge in [-0.25, -0.2) is 4.98 Å². The van der Waals surface area contributed by atoms with Crippen LogP contribution in [0.4, 0.5) is 5.95 Å². The highest BCUT2D eigenvalue weighted by molar-refractivity contribution is 6.30. The Balaban J connectivity index is 1.70. The summed E-state index contributed by atoms with van der Waals surface area (Å²) in [6.07, 6.45) is 3.11. The zero-order valence-corrected chi connectivity index (χ0v) is 14.4. The standard InChI is InChI=1S/C18H20ClN3O2/c1-2-15-11-17(21-18(20-15)22-9-3-4-10-22)24-12-16(23)13-5-7-14(19)8-6-13/h5-8,11H,2-4,9-10,12H2,1H3. The predicted molar refractivity (Wildman–Crippen MR) is 94.1 cm³/mol. The minimum Gasteiger partial charge on any atom is -0.469 e. The molecule has 0 spiro atoms. The van der Waals surface area contributed by atoms with Crippen molar-refractivity contribution in [2.75, 3.05) is 24.6 Å². The first-order valence-corrected chi connectivity index (χ1v) is 8.58. The predicted octanol–water partition coefficient (Wildman–Crippen LogP) is 3.55. The van der Waals surface area contributed by atoms with Crippen LogP contribution in [0.1, 0.15) is 35.8 Å². The topological polar surface area (TPSA) is 55.3 Å². The average molecular weight is 346 g/mol. The van der Waals surface area contributed by atoms with E-state index in [1.165, 1.54) is 0 Å². The van der Waals surface area contributed by atoms with E-state index in [9.17, 15) is 4.79 Å². The second-order valence-corrected chi connectivity index (χ2v) is 6.20. The van der Waals surface area contributed by atoms with Crippen molar-refractivity contribution in [1.29, 1.82) is 0 Å². The molecule has 1 aromatic heterocycles. The number of rotatable bonds is 6. The number of aryl methyl sites for hydroxylation is 1. The molecular formula is C18H20ClN3O2. The number of hydrogen-bond donors (Lipinski definition) is 0. The summed E-state index contributed by atoms with van der Waals surface area (Å²) in [5, 5.41) is 0.603. The second kappa shape index (κ2) is 7.62. The highest BCUT2D eigenvalue weighted by Crippen LogP contribution is 2.20. The first-order chi connectivity index (χ1) is 11.7. The smallest absolute Gasteiger partial charge is 0.228 e. The van der Waals surface area contributed by atoms with Crippen LogP contribution in [0.3, 0.4) is 0 Å². The molecule has 0 saturated carbocycles. The van der Waals surface area contributed by atoms with Crippen molar-refractivity contribution in [3.8, 4) is 5.88 Å². The molecule has 1 saturated heterocycles. The maximum atomic E-state index is 12.2. The van der Waals surface area contributed by atoms with E-state index in [1.807, 2.05) is 6.92 Å². The summed E-state index contributed by atoms with van der Waals surface area (Å²) >= 11 is 5.84. The van der Waals surface area contributed by atoms with Gasteiger partial charge in [0.2, 0.25) is 11.8 Å². The lowest BCUT2D eigenvalue weighted by Crippen LogP contribution is -2.21. The molecule has 2 aromatic rings. The van der Waals surface area contributed by atoms with Crippen molar-refractivity contribution in [3.05, 3.63) is 46.6 Å². The Kier molecular flexibility index (Phi) is 5.30. The first kappa shape index (κ1) is 16.7. The van der Waals surface area contributed by atoms with Gasteiger partial charge in [0.05, 0.1) is 0 Å². The highest BCUT2D eigenvalue weighted by Gasteiger charge is 2.17. The van der Waals surface area contributed by atoms with Gasteiger partial charge in [0.15, 0.2) is 12.4 Å². The fourth-order valence-corrected chi connectivity index (χ4v) is 2.76. The molecule has 1 fully saturated rings. The quantitative estimate of drug-likeness (QED) is 0.749. The first-order valence-electron chi connectivity index (χ1n) is 8.20. The monoisotopic (exact) mass is 345 g/mol.